The number of carbonyl (C=O) groups is 1. The van der Waals surface area contributed by atoms with Gasteiger partial charge < -0.3 is 18.9 Å². The molecule has 1 aromatic heterocycles. The lowest BCUT2D eigenvalue weighted by molar-refractivity contribution is -0.0507. The van der Waals surface area contributed by atoms with Crippen LogP contribution >= 0.6 is 0 Å². The fourth-order valence-corrected chi connectivity index (χ4v) is 5.57. The number of benzene rings is 2. The maximum Gasteiger partial charge on any atom is 0.387 e. The summed E-state index contributed by atoms with van der Waals surface area (Å²) >= 11 is 0. The number of nitrogens with zero attached hydrogens (tertiary/aromatic N) is 4. The Hall–Kier alpha value is -3.48. The maximum absolute atomic E-state index is 13.5. The fourth-order valence-electron chi connectivity index (χ4n) is 5.57. The third-order valence-corrected chi connectivity index (χ3v) is 7.26. The standard InChI is InChI=1S/C28H28F2N4O3/c1-32-23-17-22(25-19(27(32)35)7-5-8-24(25)37-28(29)30)34-21-16-18(9-10-20(21)31-26(23)34)6-3-2-4-11-33-12-14-36-15-13-33/h5,7-10,16,22-23,28H,2,4,11-15,17H2,1H3/t22-,23-/m1/s1/i1D3. The summed E-state index contributed by atoms with van der Waals surface area (Å²) in [5.41, 5.74) is 2.34. The van der Waals surface area contributed by atoms with Crippen LogP contribution in [-0.2, 0) is 4.74 Å². The number of ether oxygens (including phenoxy) is 2. The van der Waals surface area contributed by atoms with E-state index in [0.29, 0.717) is 16.9 Å². The molecule has 2 bridgehead atoms. The fraction of sp³-hybridized carbons (Fsp3) is 0.429. The molecule has 37 heavy (non-hydrogen) atoms. The lowest BCUT2D eigenvalue weighted by Gasteiger charge is -2.26. The first-order valence-corrected chi connectivity index (χ1v) is 12.4. The number of hydrogen-bond acceptors (Lipinski definition) is 5. The molecule has 4 heterocycles. The van der Waals surface area contributed by atoms with Crippen LogP contribution in [0.15, 0.2) is 36.4 Å². The van der Waals surface area contributed by atoms with Crippen molar-refractivity contribution in [3.8, 4) is 17.6 Å². The van der Waals surface area contributed by atoms with Crippen LogP contribution in [0.4, 0.5) is 8.78 Å². The molecule has 0 saturated carbocycles. The third kappa shape index (κ3) is 4.34. The Morgan fingerprint density at radius 2 is 2.11 bits per heavy atom. The quantitative estimate of drug-likeness (QED) is 0.381. The molecule has 2 aromatic carbocycles. The Balaban J connectivity index is 1.37. The van der Waals surface area contributed by atoms with Crippen molar-refractivity contribution in [2.45, 2.75) is 38.0 Å². The SMILES string of the molecule is [2H]C([2H])([2H])N1C(=O)c2cccc(OC(F)F)c2[C@H]2C[C@@H]1c1nc3ccc(C#CCCCN4CCOCC4)cc3n12. The smallest absolute Gasteiger partial charge is 0.387 e. The molecule has 6 rings (SSSR count). The molecule has 3 aliphatic heterocycles. The summed E-state index contributed by atoms with van der Waals surface area (Å²) in [4.78, 5) is 21.4. The molecule has 9 heteroatoms. The minimum Gasteiger partial charge on any atom is -0.434 e. The van der Waals surface area contributed by atoms with Crippen LogP contribution < -0.4 is 4.74 Å². The van der Waals surface area contributed by atoms with Gasteiger partial charge in [0, 0.05) is 53.7 Å². The van der Waals surface area contributed by atoms with E-state index in [1.54, 1.807) is 0 Å². The summed E-state index contributed by atoms with van der Waals surface area (Å²) in [5.74, 6) is 5.94. The molecule has 1 amide bonds. The average molecular weight is 510 g/mol. The highest BCUT2D eigenvalue weighted by Crippen LogP contribution is 2.49. The number of rotatable bonds is 5. The van der Waals surface area contributed by atoms with Crippen molar-refractivity contribution >= 4 is 16.9 Å². The first-order valence-electron chi connectivity index (χ1n) is 13.9. The van der Waals surface area contributed by atoms with Crippen molar-refractivity contribution in [2.24, 2.45) is 0 Å². The third-order valence-electron chi connectivity index (χ3n) is 7.26. The number of hydrogen-bond donors (Lipinski definition) is 0. The Morgan fingerprint density at radius 1 is 1.24 bits per heavy atom. The van der Waals surface area contributed by atoms with Gasteiger partial charge >= 0.3 is 6.61 Å². The normalized spacial score (nSPS) is 22.5. The van der Waals surface area contributed by atoms with Gasteiger partial charge in [-0.05, 0) is 43.3 Å². The molecule has 192 valence electrons. The number of aromatic nitrogens is 2. The molecule has 0 N–H and O–H groups in total. The maximum atomic E-state index is 13.5. The van der Waals surface area contributed by atoms with Gasteiger partial charge in [-0.1, -0.05) is 17.9 Å². The molecule has 0 radical (unpaired) electrons. The Morgan fingerprint density at radius 3 is 2.92 bits per heavy atom. The number of amides is 1. The topological polar surface area (TPSA) is 59.8 Å². The number of imidazole rings is 1. The number of alkyl halides is 2. The number of halogens is 2. The van der Waals surface area contributed by atoms with Crippen LogP contribution in [0.1, 0.15) is 62.8 Å². The number of fused-ring (bicyclic) bond motifs is 9. The Kier molecular flexibility index (Phi) is 5.43. The van der Waals surface area contributed by atoms with Gasteiger partial charge in [-0.3, -0.25) is 9.69 Å². The van der Waals surface area contributed by atoms with Gasteiger partial charge in [-0.15, -0.1) is 0 Å². The van der Waals surface area contributed by atoms with Gasteiger partial charge in [0.15, 0.2) is 0 Å². The molecule has 7 nitrogen and oxygen atoms in total. The lowest BCUT2D eigenvalue weighted by atomic mass is 9.97. The summed E-state index contributed by atoms with van der Waals surface area (Å²) in [6, 6.07) is 8.33. The van der Waals surface area contributed by atoms with E-state index in [1.807, 2.05) is 22.8 Å². The largest absolute Gasteiger partial charge is 0.434 e. The van der Waals surface area contributed by atoms with Crippen LogP contribution in [0.5, 0.6) is 5.75 Å². The second-order valence-electron chi connectivity index (χ2n) is 9.44. The highest BCUT2D eigenvalue weighted by atomic mass is 19.3. The van der Waals surface area contributed by atoms with E-state index in [4.69, 9.17) is 18.6 Å². The number of unbranched alkanes of at least 4 members (excludes halogenated alkanes) is 1. The van der Waals surface area contributed by atoms with Gasteiger partial charge in [0.1, 0.15) is 11.6 Å². The van der Waals surface area contributed by atoms with Gasteiger partial charge in [0.2, 0.25) is 0 Å². The molecule has 1 saturated heterocycles. The van der Waals surface area contributed by atoms with E-state index >= 15 is 0 Å². The molecule has 3 aromatic rings. The molecule has 3 aliphatic rings. The average Bonchev–Trinajstić information content (AvgIpc) is 3.41. The monoisotopic (exact) mass is 509 g/mol. The van der Waals surface area contributed by atoms with Crippen molar-refractivity contribution in [1.29, 1.82) is 0 Å². The predicted octanol–water partition coefficient (Wildman–Crippen LogP) is 4.22. The van der Waals surface area contributed by atoms with Gasteiger partial charge in [0.25, 0.3) is 5.91 Å². The zero-order chi connectivity index (χ0) is 28.0. The molecular formula is C28H28F2N4O3. The minimum absolute atomic E-state index is 0.0329. The molecule has 1 fully saturated rings. The van der Waals surface area contributed by atoms with E-state index < -0.39 is 31.6 Å². The molecular weight excluding hydrogens is 478 g/mol. The van der Waals surface area contributed by atoms with E-state index in [0.717, 1.165) is 56.2 Å². The van der Waals surface area contributed by atoms with E-state index in [1.165, 1.54) is 18.2 Å². The molecule has 2 atom stereocenters. The lowest BCUT2D eigenvalue weighted by Crippen LogP contribution is -2.36. The summed E-state index contributed by atoms with van der Waals surface area (Å²) < 4.78 is 63.2. The zero-order valence-corrected chi connectivity index (χ0v) is 20.1. The Labute approximate surface area is 218 Å². The van der Waals surface area contributed by atoms with E-state index in [-0.39, 0.29) is 23.3 Å². The van der Waals surface area contributed by atoms with Crippen LogP contribution in [0.3, 0.4) is 0 Å². The number of morpholine rings is 1. The van der Waals surface area contributed by atoms with Crippen molar-refractivity contribution in [1.82, 2.24) is 19.4 Å². The summed E-state index contributed by atoms with van der Waals surface area (Å²) in [6.45, 7) is -1.49. The second-order valence-corrected chi connectivity index (χ2v) is 9.44. The van der Waals surface area contributed by atoms with Crippen LogP contribution in [-0.4, -0.2) is 71.7 Å². The first kappa shape index (κ1) is 20.6. The minimum atomic E-state index is -3.11. The van der Waals surface area contributed by atoms with Crippen molar-refractivity contribution in [2.75, 3.05) is 39.8 Å². The summed E-state index contributed by atoms with van der Waals surface area (Å²) in [6.07, 6.45) is 1.86. The van der Waals surface area contributed by atoms with Crippen LogP contribution in [0.25, 0.3) is 11.0 Å². The van der Waals surface area contributed by atoms with E-state index in [9.17, 15) is 13.6 Å². The number of carbonyl (C=O) groups excluding carboxylic acids is 1. The summed E-state index contributed by atoms with van der Waals surface area (Å²) in [5, 5.41) is 0. The van der Waals surface area contributed by atoms with Crippen LogP contribution in [0.2, 0.25) is 0 Å². The van der Waals surface area contributed by atoms with Crippen molar-refractivity contribution in [3.05, 3.63) is 58.9 Å². The molecule has 0 aliphatic carbocycles. The van der Waals surface area contributed by atoms with Gasteiger partial charge in [-0.2, -0.15) is 8.78 Å². The van der Waals surface area contributed by atoms with E-state index in [2.05, 4.69) is 16.7 Å². The molecule has 0 unspecified atom stereocenters. The molecule has 0 spiro atoms. The van der Waals surface area contributed by atoms with Gasteiger partial charge in [0.05, 0.1) is 36.3 Å². The highest BCUT2D eigenvalue weighted by molar-refractivity contribution is 5.97. The predicted molar refractivity (Wildman–Crippen MR) is 134 cm³/mol. The van der Waals surface area contributed by atoms with Crippen molar-refractivity contribution in [3.63, 3.8) is 0 Å². The Bertz CT molecular complexity index is 1510. The highest BCUT2D eigenvalue weighted by Gasteiger charge is 2.45. The zero-order valence-electron chi connectivity index (χ0n) is 23.1. The second kappa shape index (κ2) is 9.77. The van der Waals surface area contributed by atoms with Crippen molar-refractivity contribution < 1.29 is 27.2 Å². The van der Waals surface area contributed by atoms with Crippen LogP contribution in [0, 0.1) is 11.8 Å². The van der Waals surface area contributed by atoms with Gasteiger partial charge in [-0.25, -0.2) is 4.98 Å². The summed E-state index contributed by atoms with van der Waals surface area (Å²) in [7, 11) is 0. The first-order chi connectivity index (χ1) is 19.2.